The molecule has 0 saturated heterocycles. The Bertz CT molecular complexity index is 654. The number of carboxylic acid groups (broad SMARTS) is 1. The molecule has 1 fully saturated rings. The quantitative estimate of drug-likeness (QED) is 0.619. The highest BCUT2D eigenvalue weighted by Crippen LogP contribution is 2.31. The molecule has 1 aromatic heterocycles. The van der Waals surface area contributed by atoms with E-state index in [1.165, 1.54) is 0 Å². The molecule has 4 N–H and O–H groups in total. The highest BCUT2D eigenvalue weighted by atomic mass is 16.4. The van der Waals surface area contributed by atoms with Crippen LogP contribution >= 0.6 is 0 Å². The molecule has 1 heterocycles. The third-order valence-electron chi connectivity index (χ3n) is 3.74. The smallest absolute Gasteiger partial charge is 0.325 e. The van der Waals surface area contributed by atoms with E-state index in [0.717, 1.165) is 25.5 Å². The average molecular weight is 295 g/mol. The summed E-state index contributed by atoms with van der Waals surface area (Å²) in [6, 6.07) is 0. The number of aliphatic carboxylic acids is 1. The normalized spacial score (nSPS) is 17.1. The van der Waals surface area contributed by atoms with Gasteiger partial charge in [-0.2, -0.15) is 0 Å². The number of nitrogens with one attached hydrogen (secondary N) is 3. The van der Waals surface area contributed by atoms with Crippen LogP contribution in [0.2, 0.25) is 0 Å². The van der Waals surface area contributed by atoms with Crippen LogP contribution in [0, 0.1) is 0 Å². The molecule has 0 spiro atoms. The summed E-state index contributed by atoms with van der Waals surface area (Å²) >= 11 is 0. The second kappa shape index (κ2) is 5.94. The minimum Gasteiger partial charge on any atom is -0.481 e. The molecule has 0 atom stereocenters. The Hall–Kier alpha value is -2.38. The van der Waals surface area contributed by atoms with E-state index in [0.29, 0.717) is 12.8 Å². The number of aromatic nitrogens is 2. The number of H-pyrrole nitrogens is 2. The van der Waals surface area contributed by atoms with Gasteiger partial charge in [-0.3, -0.25) is 19.4 Å². The number of carbonyl (C=O) groups excluding carboxylic acids is 1. The first-order valence-corrected chi connectivity index (χ1v) is 6.78. The second-order valence-electron chi connectivity index (χ2n) is 5.35. The van der Waals surface area contributed by atoms with Crippen molar-refractivity contribution in [2.24, 2.45) is 0 Å². The van der Waals surface area contributed by atoms with E-state index in [4.69, 9.17) is 5.11 Å². The second-order valence-corrected chi connectivity index (χ2v) is 5.35. The molecule has 8 heteroatoms. The van der Waals surface area contributed by atoms with Gasteiger partial charge in [0.05, 0.1) is 12.0 Å². The number of carbonyl (C=O) groups is 2. The highest BCUT2D eigenvalue weighted by molar-refractivity contribution is 5.94. The molecule has 21 heavy (non-hydrogen) atoms. The van der Waals surface area contributed by atoms with Crippen LogP contribution in [0.1, 0.15) is 48.9 Å². The van der Waals surface area contributed by atoms with Crippen LogP contribution in [0.15, 0.2) is 15.8 Å². The minimum absolute atomic E-state index is 0.181. The van der Waals surface area contributed by atoms with Gasteiger partial charge in [0, 0.05) is 6.20 Å². The topological polar surface area (TPSA) is 132 Å². The molecule has 1 aliphatic rings. The zero-order chi connectivity index (χ0) is 15.5. The summed E-state index contributed by atoms with van der Waals surface area (Å²) in [6.07, 6.45) is 4.63. The summed E-state index contributed by atoms with van der Waals surface area (Å²) in [5.41, 5.74) is -2.55. The maximum atomic E-state index is 12.2. The molecule has 0 bridgehead atoms. The van der Waals surface area contributed by atoms with Crippen molar-refractivity contribution in [3.05, 3.63) is 32.6 Å². The first-order chi connectivity index (χ1) is 9.92. The van der Waals surface area contributed by atoms with Crippen LogP contribution < -0.4 is 16.6 Å². The Kier molecular flexibility index (Phi) is 4.25. The molecule has 2 rings (SSSR count). The van der Waals surface area contributed by atoms with Crippen LogP contribution in [0.3, 0.4) is 0 Å². The summed E-state index contributed by atoms with van der Waals surface area (Å²) in [7, 11) is 0. The summed E-state index contributed by atoms with van der Waals surface area (Å²) < 4.78 is 0. The molecule has 0 aliphatic heterocycles. The van der Waals surface area contributed by atoms with Crippen molar-refractivity contribution in [3.63, 3.8) is 0 Å². The third kappa shape index (κ3) is 3.59. The summed E-state index contributed by atoms with van der Waals surface area (Å²) in [5, 5.41) is 11.7. The Labute approximate surface area is 119 Å². The zero-order valence-corrected chi connectivity index (χ0v) is 11.4. The fourth-order valence-corrected chi connectivity index (χ4v) is 2.75. The van der Waals surface area contributed by atoms with Crippen LogP contribution in [0.5, 0.6) is 0 Å². The number of hydrogen-bond acceptors (Lipinski definition) is 4. The van der Waals surface area contributed by atoms with E-state index in [9.17, 15) is 19.2 Å². The van der Waals surface area contributed by atoms with Crippen LogP contribution in [-0.2, 0) is 4.79 Å². The molecule has 0 aromatic carbocycles. The summed E-state index contributed by atoms with van der Waals surface area (Å²) in [4.78, 5) is 50.0. The fraction of sp³-hybridized carbons (Fsp3) is 0.538. The number of amides is 1. The lowest BCUT2D eigenvalue weighted by atomic mass is 9.79. The van der Waals surface area contributed by atoms with Gasteiger partial charge >= 0.3 is 11.7 Å². The molecular weight excluding hydrogens is 278 g/mol. The standard InChI is InChI=1S/C13H17N3O5/c17-9(18)6-13(4-2-1-3-5-13)16-11(20)8-7-14-12(21)15-10(8)19/h7H,1-6H2,(H,16,20)(H,17,18)(H2,14,15,19,21). The van der Waals surface area contributed by atoms with E-state index in [-0.39, 0.29) is 12.0 Å². The SMILES string of the molecule is O=C(O)CC1(NC(=O)c2c[nH]c(=O)[nH]c2=O)CCCCC1. The molecular formula is C13H17N3O5. The number of rotatable bonds is 4. The van der Waals surface area contributed by atoms with Crippen molar-refractivity contribution in [2.45, 2.75) is 44.1 Å². The first kappa shape index (κ1) is 15.0. The summed E-state index contributed by atoms with van der Waals surface area (Å²) in [6.45, 7) is 0. The molecule has 114 valence electrons. The van der Waals surface area contributed by atoms with Crippen LogP contribution in [0.25, 0.3) is 0 Å². The van der Waals surface area contributed by atoms with Gasteiger partial charge in [0.1, 0.15) is 5.56 Å². The van der Waals surface area contributed by atoms with Crippen molar-refractivity contribution in [3.8, 4) is 0 Å². The monoisotopic (exact) mass is 295 g/mol. The number of hydrogen-bond donors (Lipinski definition) is 4. The predicted octanol–water partition coefficient (Wildman–Crippen LogP) is -0.0294. The zero-order valence-electron chi connectivity index (χ0n) is 11.4. The predicted molar refractivity (Wildman–Crippen MR) is 73.2 cm³/mol. The van der Waals surface area contributed by atoms with Crippen molar-refractivity contribution < 1.29 is 14.7 Å². The van der Waals surface area contributed by atoms with E-state index in [2.05, 4.69) is 10.3 Å². The van der Waals surface area contributed by atoms with Gasteiger partial charge in [0.2, 0.25) is 0 Å². The van der Waals surface area contributed by atoms with E-state index in [1.54, 1.807) is 0 Å². The highest BCUT2D eigenvalue weighted by Gasteiger charge is 2.36. The molecule has 0 unspecified atom stereocenters. The van der Waals surface area contributed by atoms with E-state index < -0.39 is 28.7 Å². The third-order valence-corrected chi connectivity index (χ3v) is 3.74. The Balaban J connectivity index is 2.23. The maximum Gasteiger partial charge on any atom is 0.325 e. The lowest BCUT2D eigenvalue weighted by Crippen LogP contribution is -2.52. The van der Waals surface area contributed by atoms with Gasteiger partial charge in [0.25, 0.3) is 11.5 Å². The Morgan fingerprint density at radius 1 is 1.24 bits per heavy atom. The summed E-state index contributed by atoms with van der Waals surface area (Å²) in [5.74, 6) is -1.66. The van der Waals surface area contributed by atoms with Crippen molar-refractivity contribution >= 4 is 11.9 Å². The van der Waals surface area contributed by atoms with E-state index >= 15 is 0 Å². The van der Waals surface area contributed by atoms with Gasteiger partial charge in [-0.1, -0.05) is 19.3 Å². The number of aromatic amines is 2. The van der Waals surface area contributed by atoms with Gasteiger partial charge in [0.15, 0.2) is 0 Å². The van der Waals surface area contributed by atoms with Crippen molar-refractivity contribution in [1.82, 2.24) is 15.3 Å². The largest absolute Gasteiger partial charge is 0.481 e. The maximum absolute atomic E-state index is 12.2. The molecule has 1 saturated carbocycles. The Morgan fingerprint density at radius 3 is 2.48 bits per heavy atom. The van der Waals surface area contributed by atoms with Crippen LogP contribution in [-0.4, -0.2) is 32.5 Å². The average Bonchev–Trinajstić information content (AvgIpc) is 2.38. The van der Waals surface area contributed by atoms with Gasteiger partial charge in [-0.25, -0.2) is 4.79 Å². The van der Waals surface area contributed by atoms with Gasteiger partial charge in [-0.05, 0) is 12.8 Å². The van der Waals surface area contributed by atoms with E-state index in [1.807, 2.05) is 4.98 Å². The first-order valence-electron chi connectivity index (χ1n) is 6.78. The fourth-order valence-electron chi connectivity index (χ4n) is 2.75. The van der Waals surface area contributed by atoms with Crippen LogP contribution in [0.4, 0.5) is 0 Å². The molecule has 1 aliphatic carbocycles. The molecule has 1 aromatic rings. The molecule has 0 radical (unpaired) electrons. The van der Waals surface area contributed by atoms with Gasteiger partial charge < -0.3 is 15.4 Å². The lowest BCUT2D eigenvalue weighted by Gasteiger charge is -2.36. The lowest BCUT2D eigenvalue weighted by molar-refractivity contribution is -0.139. The Morgan fingerprint density at radius 2 is 1.90 bits per heavy atom. The van der Waals surface area contributed by atoms with Crippen molar-refractivity contribution in [1.29, 1.82) is 0 Å². The van der Waals surface area contributed by atoms with Crippen molar-refractivity contribution in [2.75, 3.05) is 0 Å². The molecule has 8 nitrogen and oxygen atoms in total. The van der Waals surface area contributed by atoms with Gasteiger partial charge in [-0.15, -0.1) is 0 Å². The molecule has 1 amide bonds. The minimum atomic E-state index is -0.993. The number of carboxylic acids is 1.